The number of fused-ring (bicyclic) bond motifs is 3. The van der Waals surface area contributed by atoms with E-state index in [2.05, 4.69) is 48.5 Å². The predicted octanol–water partition coefficient (Wildman–Crippen LogP) is 6.91. The van der Waals surface area contributed by atoms with Crippen LogP contribution in [0.25, 0.3) is 32.6 Å². The number of nitrogens with zero attached hydrogens (tertiary/aromatic N) is 1. The molecule has 0 atom stereocenters. The van der Waals surface area contributed by atoms with Gasteiger partial charge in [0.2, 0.25) is 0 Å². The Kier molecular flexibility index (Phi) is 4.61. The van der Waals surface area contributed by atoms with Crippen LogP contribution in [0, 0.1) is 0 Å². The SMILES string of the molecule is CCOc1ccc(-c2cc(-c3ccccc3)c3c4c(sc3n2)CCCC4)cc1. The molecule has 0 bridgehead atoms. The highest BCUT2D eigenvalue weighted by atomic mass is 32.1. The Morgan fingerprint density at radius 1 is 0.929 bits per heavy atom. The van der Waals surface area contributed by atoms with Crippen molar-refractivity contribution in [3.8, 4) is 28.1 Å². The monoisotopic (exact) mass is 385 g/mol. The lowest BCUT2D eigenvalue weighted by molar-refractivity contribution is 0.340. The molecule has 0 amide bonds. The molecule has 0 spiro atoms. The van der Waals surface area contributed by atoms with E-state index in [1.807, 2.05) is 30.4 Å². The van der Waals surface area contributed by atoms with E-state index < -0.39 is 0 Å². The van der Waals surface area contributed by atoms with E-state index in [9.17, 15) is 0 Å². The molecule has 2 aromatic heterocycles. The van der Waals surface area contributed by atoms with Gasteiger partial charge < -0.3 is 4.74 Å². The zero-order valence-electron chi connectivity index (χ0n) is 16.1. The van der Waals surface area contributed by atoms with Gasteiger partial charge in [0.25, 0.3) is 0 Å². The van der Waals surface area contributed by atoms with Gasteiger partial charge in [-0.25, -0.2) is 4.98 Å². The number of ether oxygens (including phenoxy) is 1. The number of thiophene rings is 1. The van der Waals surface area contributed by atoms with Crippen LogP contribution in [0.4, 0.5) is 0 Å². The number of aromatic nitrogens is 1. The molecule has 2 heterocycles. The molecule has 0 saturated heterocycles. The van der Waals surface area contributed by atoms with Crippen molar-refractivity contribution in [1.29, 1.82) is 0 Å². The van der Waals surface area contributed by atoms with E-state index in [4.69, 9.17) is 9.72 Å². The molecule has 0 radical (unpaired) electrons. The van der Waals surface area contributed by atoms with Gasteiger partial charge in [0.1, 0.15) is 10.6 Å². The summed E-state index contributed by atoms with van der Waals surface area (Å²) in [5, 5.41) is 1.38. The highest BCUT2D eigenvalue weighted by Gasteiger charge is 2.21. The largest absolute Gasteiger partial charge is 0.494 e. The summed E-state index contributed by atoms with van der Waals surface area (Å²) in [6.45, 7) is 2.69. The van der Waals surface area contributed by atoms with Crippen LogP contribution >= 0.6 is 11.3 Å². The van der Waals surface area contributed by atoms with Crippen molar-refractivity contribution in [1.82, 2.24) is 4.98 Å². The average molecular weight is 386 g/mol. The van der Waals surface area contributed by atoms with E-state index >= 15 is 0 Å². The van der Waals surface area contributed by atoms with Crippen LogP contribution in [-0.2, 0) is 12.8 Å². The summed E-state index contributed by atoms with van der Waals surface area (Å²) >= 11 is 1.89. The molecule has 3 heteroatoms. The average Bonchev–Trinajstić information content (AvgIpc) is 3.13. The van der Waals surface area contributed by atoms with E-state index in [0.717, 1.165) is 17.0 Å². The molecule has 5 rings (SSSR count). The first-order valence-corrected chi connectivity index (χ1v) is 10.9. The summed E-state index contributed by atoms with van der Waals surface area (Å²) in [5.41, 5.74) is 6.29. The van der Waals surface area contributed by atoms with Gasteiger partial charge in [-0.05, 0) is 79.6 Å². The van der Waals surface area contributed by atoms with Gasteiger partial charge in [-0.15, -0.1) is 11.3 Å². The molecule has 140 valence electrons. The fourth-order valence-corrected chi connectivity index (χ4v) is 5.43. The maximum atomic E-state index is 5.60. The Balaban J connectivity index is 1.71. The number of rotatable bonds is 4. The predicted molar refractivity (Wildman–Crippen MR) is 118 cm³/mol. The fourth-order valence-electron chi connectivity index (χ4n) is 4.14. The molecule has 0 N–H and O–H groups in total. The van der Waals surface area contributed by atoms with Crippen LogP contribution in [-0.4, -0.2) is 11.6 Å². The quantitative estimate of drug-likeness (QED) is 0.381. The highest BCUT2D eigenvalue weighted by molar-refractivity contribution is 7.19. The Morgan fingerprint density at radius 3 is 2.50 bits per heavy atom. The van der Waals surface area contributed by atoms with Gasteiger partial charge in [0, 0.05) is 15.8 Å². The summed E-state index contributed by atoms with van der Waals surface area (Å²) in [6.07, 6.45) is 4.96. The van der Waals surface area contributed by atoms with E-state index in [1.54, 1.807) is 0 Å². The van der Waals surface area contributed by atoms with Crippen molar-refractivity contribution in [3.05, 3.63) is 71.1 Å². The van der Waals surface area contributed by atoms with Gasteiger partial charge in [-0.1, -0.05) is 30.3 Å². The van der Waals surface area contributed by atoms with Crippen molar-refractivity contribution in [2.24, 2.45) is 0 Å². The summed E-state index contributed by atoms with van der Waals surface area (Å²) < 4.78 is 5.60. The lowest BCUT2D eigenvalue weighted by atomic mass is 9.92. The van der Waals surface area contributed by atoms with Gasteiger partial charge in [-0.3, -0.25) is 0 Å². The van der Waals surface area contributed by atoms with Crippen LogP contribution in [0.3, 0.4) is 0 Å². The number of hydrogen-bond donors (Lipinski definition) is 0. The van der Waals surface area contributed by atoms with Crippen LogP contribution in [0.5, 0.6) is 5.75 Å². The van der Waals surface area contributed by atoms with Crippen LogP contribution in [0.1, 0.15) is 30.2 Å². The second kappa shape index (κ2) is 7.40. The molecule has 4 aromatic rings. The first-order valence-electron chi connectivity index (χ1n) is 10.1. The minimum atomic E-state index is 0.683. The van der Waals surface area contributed by atoms with E-state index in [0.29, 0.717) is 6.61 Å². The molecule has 0 aliphatic heterocycles. The molecule has 0 unspecified atom stereocenters. The third kappa shape index (κ3) is 3.10. The normalized spacial score (nSPS) is 13.5. The van der Waals surface area contributed by atoms with Crippen molar-refractivity contribution < 1.29 is 4.74 Å². The van der Waals surface area contributed by atoms with Crippen molar-refractivity contribution in [3.63, 3.8) is 0 Å². The highest BCUT2D eigenvalue weighted by Crippen LogP contribution is 2.42. The fraction of sp³-hybridized carbons (Fsp3) is 0.240. The molecular weight excluding hydrogens is 362 g/mol. The lowest BCUT2D eigenvalue weighted by Crippen LogP contribution is -1.99. The summed E-state index contributed by atoms with van der Waals surface area (Å²) in [6, 6.07) is 21.3. The number of aryl methyl sites for hydroxylation is 2. The zero-order valence-corrected chi connectivity index (χ0v) is 16.9. The van der Waals surface area contributed by atoms with E-state index in [-0.39, 0.29) is 0 Å². The molecule has 2 nitrogen and oxygen atoms in total. The summed E-state index contributed by atoms with van der Waals surface area (Å²) in [7, 11) is 0. The molecule has 1 aliphatic rings. The number of benzene rings is 2. The Bertz CT molecular complexity index is 1110. The van der Waals surface area contributed by atoms with Gasteiger partial charge >= 0.3 is 0 Å². The van der Waals surface area contributed by atoms with Crippen molar-refractivity contribution in [2.45, 2.75) is 32.6 Å². The Morgan fingerprint density at radius 2 is 1.71 bits per heavy atom. The minimum Gasteiger partial charge on any atom is -0.494 e. The standard InChI is InChI=1S/C25H23NOS/c1-2-27-19-14-12-18(13-15-19)22-16-21(17-8-4-3-5-9-17)24-20-10-6-7-11-23(20)28-25(24)26-22/h3-5,8-9,12-16H,2,6-7,10-11H2,1H3. The van der Waals surface area contributed by atoms with E-state index in [1.165, 1.54) is 57.5 Å². The summed E-state index contributed by atoms with van der Waals surface area (Å²) in [4.78, 5) is 7.80. The molecule has 2 aromatic carbocycles. The third-order valence-electron chi connectivity index (χ3n) is 5.47. The number of pyridine rings is 1. The molecule has 0 saturated carbocycles. The van der Waals surface area contributed by atoms with Crippen molar-refractivity contribution in [2.75, 3.05) is 6.61 Å². The topological polar surface area (TPSA) is 22.1 Å². The maximum absolute atomic E-state index is 5.60. The van der Waals surface area contributed by atoms with Gasteiger partial charge in [0.05, 0.1) is 12.3 Å². The van der Waals surface area contributed by atoms with Crippen LogP contribution in [0.2, 0.25) is 0 Å². The van der Waals surface area contributed by atoms with Gasteiger partial charge in [0.15, 0.2) is 0 Å². The van der Waals surface area contributed by atoms with Crippen LogP contribution in [0.15, 0.2) is 60.7 Å². The first-order chi connectivity index (χ1) is 13.8. The second-order valence-electron chi connectivity index (χ2n) is 7.27. The van der Waals surface area contributed by atoms with Crippen molar-refractivity contribution >= 4 is 21.6 Å². The second-order valence-corrected chi connectivity index (χ2v) is 8.35. The van der Waals surface area contributed by atoms with Gasteiger partial charge in [-0.2, -0.15) is 0 Å². The molecular formula is C25H23NOS. The molecule has 1 aliphatic carbocycles. The first kappa shape index (κ1) is 17.4. The summed E-state index contributed by atoms with van der Waals surface area (Å²) in [5.74, 6) is 0.905. The molecule has 28 heavy (non-hydrogen) atoms. The molecule has 0 fully saturated rings. The third-order valence-corrected chi connectivity index (χ3v) is 6.66. The maximum Gasteiger partial charge on any atom is 0.125 e. The zero-order chi connectivity index (χ0) is 18.9. The Labute approximate surface area is 169 Å². The Hall–Kier alpha value is -2.65. The smallest absolute Gasteiger partial charge is 0.125 e. The van der Waals surface area contributed by atoms with Crippen LogP contribution < -0.4 is 4.74 Å². The minimum absolute atomic E-state index is 0.683. The number of hydrogen-bond acceptors (Lipinski definition) is 3. The lowest BCUT2D eigenvalue weighted by Gasteiger charge is -2.13.